The molecule has 2 atom stereocenters. The summed E-state index contributed by atoms with van der Waals surface area (Å²) in [6, 6.07) is 17.8. The van der Waals surface area contributed by atoms with Gasteiger partial charge in [-0.2, -0.15) is 0 Å². The van der Waals surface area contributed by atoms with Gasteiger partial charge in [-0.3, -0.25) is 4.79 Å². The van der Waals surface area contributed by atoms with Crippen LogP contribution in [0.2, 0.25) is 0 Å². The average molecular weight is 550 g/mol. The maximum absolute atomic E-state index is 14.3. The second-order valence-electron chi connectivity index (χ2n) is 10.7. The first-order valence-electron chi connectivity index (χ1n) is 13.8. The average Bonchev–Trinajstić information content (AvgIpc) is 3.30. The molecule has 3 aromatic rings. The summed E-state index contributed by atoms with van der Waals surface area (Å²) in [4.78, 5) is 27.8. The summed E-state index contributed by atoms with van der Waals surface area (Å²) in [7, 11) is 0. The lowest BCUT2D eigenvalue weighted by Gasteiger charge is -2.25. The van der Waals surface area contributed by atoms with Crippen LogP contribution in [0.3, 0.4) is 0 Å². The first-order valence-corrected chi connectivity index (χ1v) is 13.8. The molecule has 1 saturated heterocycles. The van der Waals surface area contributed by atoms with Crippen LogP contribution in [0.25, 0.3) is 0 Å². The van der Waals surface area contributed by atoms with Crippen LogP contribution < -0.4 is 0 Å². The van der Waals surface area contributed by atoms with E-state index in [1.165, 1.54) is 11.0 Å². The molecule has 7 heteroatoms. The SMILES string of the molecule is Cc1cc(COCCCCC(Cc2cc(C)c(F)c(C)c2)C(=O)N2C(=O)OCC2Cc2ccccc2)ccc1F. The van der Waals surface area contributed by atoms with Gasteiger partial charge in [0, 0.05) is 12.5 Å². The van der Waals surface area contributed by atoms with Gasteiger partial charge < -0.3 is 9.47 Å². The van der Waals surface area contributed by atoms with Gasteiger partial charge >= 0.3 is 6.09 Å². The molecule has 0 aromatic heterocycles. The Hall–Kier alpha value is -3.58. The van der Waals surface area contributed by atoms with Gasteiger partial charge in [-0.25, -0.2) is 18.5 Å². The van der Waals surface area contributed by atoms with Crippen LogP contribution >= 0.6 is 0 Å². The zero-order valence-electron chi connectivity index (χ0n) is 23.4. The number of carbonyl (C=O) groups excluding carboxylic acids is 2. The molecule has 5 nitrogen and oxygen atoms in total. The second kappa shape index (κ2) is 13.7. The Morgan fingerprint density at radius 1 is 0.950 bits per heavy atom. The molecule has 212 valence electrons. The number of rotatable bonds is 12. The Labute approximate surface area is 235 Å². The number of halogens is 2. The van der Waals surface area contributed by atoms with Crippen molar-refractivity contribution in [3.63, 3.8) is 0 Å². The highest BCUT2D eigenvalue weighted by molar-refractivity contribution is 5.95. The first-order chi connectivity index (χ1) is 19.2. The summed E-state index contributed by atoms with van der Waals surface area (Å²) in [5, 5.41) is 0. The molecule has 1 heterocycles. The third-order valence-corrected chi connectivity index (χ3v) is 7.42. The number of aryl methyl sites for hydroxylation is 3. The molecule has 0 spiro atoms. The molecule has 0 N–H and O–H groups in total. The fourth-order valence-corrected chi connectivity index (χ4v) is 5.30. The van der Waals surface area contributed by atoms with Crippen molar-refractivity contribution in [3.8, 4) is 0 Å². The molecule has 3 aromatic carbocycles. The lowest BCUT2D eigenvalue weighted by molar-refractivity contribution is -0.133. The molecule has 2 unspecified atom stereocenters. The van der Waals surface area contributed by atoms with Gasteiger partial charge in [0.25, 0.3) is 0 Å². The Kier molecular flexibility index (Phi) is 10.0. The first kappa shape index (κ1) is 29.4. The lowest BCUT2D eigenvalue weighted by Crippen LogP contribution is -2.44. The number of hydrogen-bond donors (Lipinski definition) is 0. The molecule has 40 heavy (non-hydrogen) atoms. The predicted octanol–water partition coefficient (Wildman–Crippen LogP) is 7.03. The highest BCUT2D eigenvalue weighted by Crippen LogP contribution is 2.26. The van der Waals surface area contributed by atoms with Crippen LogP contribution in [0.1, 0.15) is 52.6 Å². The Morgan fingerprint density at radius 3 is 2.35 bits per heavy atom. The molecule has 0 saturated carbocycles. The van der Waals surface area contributed by atoms with Crippen LogP contribution in [-0.2, 0) is 33.7 Å². The number of cyclic esters (lactones) is 1. The van der Waals surface area contributed by atoms with E-state index in [1.54, 1.807) is 45.0 Å². The minimum absolute atomic E-state index is 0.164. The molecular weight excluding hydrogens is 512 g/mol. The highest BCUT2D eigenvalue weighted by Gasteiger charge is 2.40. The number of unbranched alkanes of at least 4 members (excludes halogenated alkanes) is 1. The fourth-order valence-electron chi connectivity index (χ4n) is 5.30. The van der Waals surface area contributed by atoms with Gasteiger partial charge in [0.05, 0.1) is 12.6 Å². The van der Waals surface area contributed by atoms with Crippen LogP contribution in [0, 0.1) is 38.3 Å². The van der Waals surface area contributed by atoms with Gasteiger partial charge in [-0.05, 0) is 85.9 Å². The van der Waals surface area contributed by atoms with Gasteiger partial charge in [0.1, 0.15) is 18.2 Å². The smallest absolute Gasteiger partial charge is 0.416 e. The van der Waals surface area contributed by atoms with Crippen molar-refractivity contribution in [3.05, 3.63) is 106 Å². The largest absolute Gasteiger partial charge is 0.447 e. The van der Waals surface area contributed by atoms with E-state index in [9.17, 15) is 18.4 Å². The number of benzene rings is 3. The summed E-state index contributed by atoms with van der Waals surface area (Å²) in [6.07, 6.45) is 2.30. The number of carbonyl (C=O) groups is 2. The van der Waals surface area contributed by atoms with Crippen molar-refractivity contribution in [2.45, 2.75) is 65.5 Å². The third kappa shape index (κ3) is 7.54. The monoisotopic (exact) mass is 549 g/mol. The van der Waals surface area contributed by atoms with E-state index >= 15 is 0 Å². The summed E-state index contributed by atoms with van der Waals surface area (Å²) in [5.74, 6) is -1.20. The van der Waals surface area contributed by atoms with Crippen LogP contribution in [-0.4, -0.2) is 36.2 Å². The quantitative estimate of drug-likeness (QED) is 0.228. The van der Waals surface area contributed by atoms with Gasteiger partial charge in [0.15, 0.2) is 0 Å². The van der Waals surface area contributed by atoms with Crippen LogP contribution in [0.15, 0.2) is 60.7 Å². The van der Waals surface area contributed by atoms with Crippen molar-refractivity contribution in [2.75, 3.05) is 13.2 Å². The number of amides is 2. The molecule has 1 aliphatic rings. The van der Waals surface area contributed by atoms with E-state index < -0.39 is 12.0 Å². The summed E-state index contributed by atoms with van der Waals surface area (Å²) >= 11 is 0. The summed E-state index contributed by atoms with van der Waals surface area (Å²) in [6.45, 7) is 6.21. The zero-order chi connectivity index (χ0) is 28.6. The summed E-state index contributed by atoms with van der Waals surface area (Å²) < 4.78 is 38.9. The van der Waals surface area contributed by atoms with Gasteiger partial charge in [-0.15, -0.1) is 0 Å². The topological polar surface area (TPSA) is 55.8 Å². The number of nitrogens with zero attached hydrogens (tertiary/aromatic N) is 1. The third-order valence-electron chi connectivity index (χ3n) is 7.42. The summed E-state index contributed by atoms with van der Waals surface area (Å²) in [5.41, 5.74) is 4.45. The van der Waals surface area contributed by atoms with Crippen molar-refractivity contribution in [1.82, 2.24) is 4.90 Å². The van der Waals surface area contributed by atoms with E-state index in [4.69, 9.17) is 9.47 Å². The molecule has 2 amide bonds. The Bertz CT molecular complexity index is 1300. The van der Waals surface area contributed by atoms with Crippen LogP contribution in [0.5, 0.6) is 0 Å². The molecule has 0 aliphatic carbocycles. The molecule has 0 radical (unpaired) electrons. The molecule has 1 fully saturated rings. The van der Waals surface area contributed by atoms with Crippen molar-refractivity contribution in [2.24, 2.45) is 5.92 Å². The number of hydrogen-bond acceptors (Lipinski definition) is 4. The second-order valence-corrected chi connectivity index (χ2v) is 10.7. The van der Waals surface area contributed by atoms with Crippen molar-refractivity contribution < 1.29 is 27.8 Å². The van der Waals surface area contributed by atoms with Gasteiger partial charge in [0.2, 0.25) is 5.91 Å². The van der Waals surface area contributed by atoms with Gasteiger partial charge in [-0.1, -0.05) is 61.0 Å². The Morgan fingerprint density at radius 2 is 1.65 bits per heavy atom. The molecular formula is C33H37F2NO4. The highest BCUT2D eigenvalue weighted by atomic mass is 19.1. The van der Waals surface area contributed by atoms with Crippen molar-refractivity contribution >= 4 is 12.0 Å². The number of ether oxygens (including phenoxy) is 2. The normalized spacial score (nSPS) is 15.8. The van der Waals surface area contributed by atoms with E-state index in [0.29, 0.717) is 55.6 Å². The minimum atomic E-state index is -0.611. The maximum Gasteiger partial charge on any atom is 0.416 e. The predicted molar refractivity (Wildman–Crippen MR) is 150 cm³/mol. The number of imide groups is 1. The van der Waals surface area contributed by atoms with E-state index in [2.05, 4.69) is 0 Å². The van der Waals surface area contributed by atoms with E-state index in [0.717, 1.165) is 23.1 Å². The van der Waals surface area contributed by atoms with E-state index in [1.807, 2.05) is 30.3 Å². The Balaban J connectivity index is 1.41. The van der Waals surface area contributed by atoms with Crippen LogP contribution in [0.4, 0.5) is 13.6 Å². The molecule has 4 rings (SSSR count). The minimum Gasteiger partial charge on any atom is -0.447 e. The fraction of sp³-hybridized carbons (Fsp3) is 0.394. The maximum atomic E-state index is 14.3. The molecule has 0 bridgehead atoms. The van der Waals surface area contributed by atoms with Crippen molar-refractivity contribution in [1.29, 1.82) is 0 Å². The van der Waals surface area contributed by atoms with E-state index in [-0.39, 0.29) is 30.2 Å². The molecule has 1 aliphatic heterocycles. The standard InChI is InChI=1S/C33H37F2NO4/c1-22-15-26(12-13-30(22)34)20-39-14-8-7-11-28(18-27-16-23(2)31(35)24(3)17-27)32(37)36-29(21-40-33(36)38)19-25-9-5-4-6-10-25/h4-6,9-10,12-13,15-17,28-29H,7-8,11,14,18-21H2,1-3H3. The lowest BCUT2D eigenvalue weighted by atomic mass is 9.90. The zero-order valence-corrected chi connectivity index (χ0v) is 23.4.